The van der Waals surface area contributed by atoms with Gasteiger partial charge in [-0.3, -0.25) is 0 Å². The van der Waals surface area contributed by atoms with Gasteiger partial charge in [0, 0.05) is 6.61 Å². The van der Waals surface area contributed by atoms with E-state index < -0.39 is 13.2 Å². The standard InChI is InChI=1S/C23H48O4.H3O4P/c1-2-3-4-5-6-7-8-9-10-11-12-13-14-15-16-17-18-27-22-23(19-24,20-25)21-26;1-5(2,3)4/h24-26H,2-22H2,1H3;(H3,1,2,3,4). The van der Waals surface area contributed by atoms with Crippen molar-refractivity contribution in [2.75, 3.05) is 33.0 Å². The van der Waals surface area contributed by atoms with E-state index in [4.69, 9.17) is 24.0 Å². The van der Waals surface area contributed by atoms with Crippen LogP contribution in [0.2, 0.25) is 0 Å². The first-order chi connectivity index (χ1) is 15.2. The summed E-state index contributed by atoms with van der Waals surface area (Å²) in [4.78, 5) is 21.6. The maximum atomic E-state index is 9.22. The normalized spacial score (nSPS) is 12.0. The zero-order valence-electron chi connectivity index (χ0n) is 20.3. The average Bonchev–Trinajstić information content (AvgIpc) is 2.75. The molecule has 0 atom stereocenters. The Bertz CT molecular complexity index is 396. The van der Waals surface area contributed by atoms with Crippen molar-refractivity contribution in [2.24, 2.45) is 5.41 Å². The third-order valence-corrected chi connectivity index (χ3v) is 5.56. The van der Waals surface area contributed by atoms with E-state index >= 15 is 0 Å². The second kappa shape index (κ2) is 24.1. The van der Waals surface area contributed by atoms with E-state index in [0.29, 0.717) is 6.61 Å². The largest absolute Gasteiger partial charge is 0.466 e. The molecule has 0 unspecified atom stereocenters. The van der Waals surface area contributed by atoms with Crippen LogP contribution in [0.5, 0.6) is 0 Å². The highest BCUT2D eigenvalue weighted by molar-refractivity contribution is 7.45. The number of aliphatic hydroxyl groups is 3. The number of hydrogen-bond acceptors (Lipinski definition) is 5. The Kier molecular flexibility index (Phi) is 25.7. The van der Waals surface area contributed by atoms with Crippen molar-refractivity contribution in [3.05, 3.63) is 0 Å². The Morgan fingerprint density at radius 2 is 0.875 bits per heavy atom. The second-order valence-corrected chi connectivity index (χ2v) is 9.87. The van der Waals surface area contributed by atoms with Gasteiger partial charge in [0.2, 0.25) is 0 Å². The molecule has 0 aromatic heterocycles. The van der Waals surface area contributed by atoms with Crippen molar-refractivity contribution in [2.45, 2.75) is 110 Å². The van der Waals surface area contributed by atoms with Crippen LogP contribution < -0.4 is 0 Å². The molecule has 0 heterocycles. The van der Waals surface area contributed by atoms with E-state index in [1.807, 2.05) is 0 Å². The topological polar surface area (TPSA) is 148 Å². The first-order valence-corrected chi connectivity index (χ1v) is 14.0. The van der Waals surface area contributed by atoms with Gasteiger partial charge in [-0.25, -0.2) is 4.57 Å². The predicted molar refractivity (Wildman–Crippen MR) is 128 cm³/mol. The van der Waals surface area contributed by atoms with E-state index in [1.54, 1.807) is 0 Å². The first-order valence-electron chi connectivity index (χ1n) is 12.4. The summed E-state index contributed by atoms with van der Waals surface area (Å²) in [6.07, 6.45) is 21.6. The van der Waals surface area contributed by atoms with Gasteiger partial charge >= 0.3 is 7.82 Å². The fourth-order valence-corrected chi connectivity index (χ4v) is 3.33. The van der Waals surface area contributed by atoms with Crippen molar-refractivity contribution in [1.82, 2.24) is 0 Å². The molecule has 0 saturated carbocycles. The summed E-state index contributed by atoms with van der Waals surface area (Å²) < 4.78 is 14.4. The Labute approximate surface area is 195 Å². The Morgan fingerprint density at radius 3 is 1.16 bits per heavy atom. The maximum absolute atomic E-state index is 9.22. The molecule has 9 heteroatoms. The maximum Gasteiger partial charge on any atom is 0.466 e. The molecule has 8 nitrogen and oxygen atoms in total. The van der Waals surface area contributed by atoms with Gasteiger partial charge < -0.3 is 34.7 Å². The highest BCUT2D eigenvalue weighted by Gasteiger charge is 2.28. The number of rotatable bonds is 22. The van der Waals surface area contributed by atoms with Crippen LogP contribution in [0.15, 0.2) is 0 Å². The third kappa shape index (κ3) is 28.0. The van der Waals surface area contributed by atoms with Gasteiger partial charge in [-0.05, 0) is 6.42 Å². The van der Waals surface area contributed by atoms with Crippen LogP contribution in [0.1, 0.15) is 110 Å². The van der Waals surface area contributed by atoms with Gasteiger partial charge in [0.1, 0.15) is 0 Å². The van der Waals surface area contributed by atoms with Gasteiger partial charge in [0.05, 0.1) is 31.8 Å². The van der Waals surface area contributed by atoms with Crippen molar-refractivity contribution < 1.29 is 39.3 Å². The summed E-state index contributed by atoms with van der Waals surface area (Å²) in [5, 5.41) is 27.7. The average molecular weight is 487 g/mol. The Hall–Kier alpha value is -0.0500. The molecule has 0 rings (SSSR count). The van der Waals surface area contributed by atoms with E-state index in [2.05, 4.69) is 6.92 Å². The fraction of sp³-hybridized carbons (Fsp3) is 1.00. The fourth-order valence-electron chi connectivity index (χ4n) is 3.33. The zero-order chi connectivity index (χ0) is 24.6. The van der Waals surface area contributed by atoms with Crippen LogP contribution in [0.3, 0.4) is 0 Å². The Morgan fingerprint density at radius 1 is 0.594 bits per heavy atom. The quantitative estimate of drug-likeness (QED) is 0.0980. The first kappa shape index (κ1) is 34.1. The summed E-state index contributed by atoms with van der Waals surface area (Å²) in [5.74, 6) is 0. The summed E-state index contributed by atoms with van der Waals surface area (Å²) in [6.45, 7) is 2.38. The molecule has 0 aromatic rings. The van der Waals surface area contributed by atoms with Crippen LogP contribution >= 0.6 is 7.82 Å². The molecule has 0 aliphatic heterocycles. The molecule has 0 saturated heterocycles. The molecule has 0 aromatic carbocycles. The predicted octanol–water partition coefficient (Wildman–Crippen LogP) is 4.30. The molecular formula is C23H51O8P. The molecule has 0 radical (unpaired) electrons. The number of ether oxygens (including phenoxy) is 1. The van der Waals surface area contributed by atoms with Crippen molar-refractivity contribution in [3.8, 4) is 0 Å². The SMILES string of the molecule is CCCCCCCCCCCCCCCCCCOCC(CO)(CO)CO.O=P(O)(O)O. The number of phosphoric acid groups is 1. The van der Waals surface area contributed by atoms with Crippen LogP contribution in [-0.2, 0) is 9.30 Å². The van der Waals surface area contributed by atoms with Crippen LogP contribution in [0.4, 0.5) is 0 Å². The minimum atomic E-state index is -4.64. The van der Waals surface area contributed by atoms with Gasteiger partial charge in [-0.2, -0.15) is 0 Å². The highest BCUT2D eigenvalue weighted by Crippen LogP contribution is 2.25. The third-order valence-electron chi connectivity index (χ3n) is 5.56. The van der Waals surface area contributed by atoms with Crippen LogP contribution in [0, 0.1) is 5.41 Å². The molecule has 0 aliphatic rings. The minimum Gasteiger partial charge on any atom is -0.396 e. The van der Waals surface area contributed by atoms with Crippen molar-refractivity contribution in [1.29, 1.82) is 0 Å². The lowest BCUT2D eigenvalue weighted by Gasteiger charge is -2.26. The van der Waals surface area contributed by atoms with E-state index in [1.165, 1.54) is 96.3 Å². The summed E-state index contributed by atoms with van der Waals surface area (Å²) in [6, 6.07) is 0. The Balaban J connectivity index is 0. The molecule has 0 spiro atoms. The van der Waals surface area contributed by atoms with Crippen molar-refractivity contribution in [3.63, 3.8) is 0 Å². The monoisotopic (exact) mass is 486 g/mol. The zero-order valence-corrected chi connectivity index (χ0v) is 21.2. The number of hydrogen-bond donors (Lipinski definition) is 6. The molecule has 6 N–H and O–H groups in total. The van der Waals surface area contributed by atoms with Gasteiger partial charge in [-0.15, -0.1) is 0 Å². The molecular weight excluding hydrogens is 435 g/mol. The number of unbranched alkanes of at least 4 members (excludes halogenated alkanes) is 15. The summed E-state index contributed by atoms with van der Waals surface area (Å²) >= 11 is 0. The minimum absolute atomic E-state index is 0.218. The van der Waals surface area contributed by atoms with Crippen LogP contribution in [0.25, 0.3) is 0 Å². The van der Waals surface area contributed by atoms with Crippen molar-refractivity contribution >= 4 is 7.82 Å². The molecule has 0 aliphatic carbocycles. The van der Waals surface area contributed by atoms with Crippen LogP contribution in [-0.4, -0.2) is 63.0 Å². The van der Waals surface area contributed by atoms with Gasteiger partial charge in [-0.1, -0.05) is 103 Å². The van der Waals surface area contributed by atoms with Gasteiger partial charge in [0.15, 0.2) is 0 Å². The lowest BCUT2D eigenvalue weighted by atomic mass is 9.93. The lowest BCUT2D eigenvalue weighted by Crippen LogP contribution is -2.38. The lowest BCUT2D eigenvalue weighted by molar-refractivity contribution is -0.0582. The van der Waals surface area contributed by atoms with Gasteiger partial charge in [0.25, 0.3) is 0 Å². The summed E-state index contributed by atoms with van der Waals surface area (Å²) in [5.41, 5.74) is -0.894. The van der Waals surface area contributed by atoms with E-state index in [-0.39, 0.29) is 26.4 Å². The second-order valence-electron chi connectivity index (χ2n) is 8.84. The number of aliphatic hydroxyl groups excluding tert-OH is 3. The molecule has 32 heavy (non-hydrogen) atoms. The highest BCUT2D eigenvalue weighted by atomic mass is 31.2. The van der Waals surface area contributed by atoms with E-state index in [0.717, 1.165) is 6.42 Å². The molecule has 0 amide bonds. The smallest absolute Gasteiger partial charge is 0.396 e. The molecule has 0 bridgehead atoms. The van der Waals surface area contributed by atoms with E-state index in [9.17, 15) is 15.3 Å². The summed E-state index contributed by atoms with van der Waals surface area (Å²) in [7, 11) is -4.64. The molecule has 0 fully saturated rings. The molecule has 196 valence electrons.